The van der Waals surface area contributed by atoms with Gasteiger partial charge in [-0.25, -0.2) is 0 Å². The van der Waals surface area contributed by atoms with Gasteiger partial charge in [0.1, 0.15) is 6.04 Å². The number of benzene rings is 1. The Kier molecular flexibility index (Phi) is 4.32. The Morgan fingerprint density at radius 1 is 1.33 bits per heavy atom. The molecule has 1 atom stereocenters. The van der Waals surface area contributed by atoms with Gasteiger partial charge in [-0.15, -0.1) is 0 Å². The van der Waals surface area contributed by atoms with Crippen molar-refractivity contribution in [3.8, 4) is 0 Å². The van der Waals surface area contributed by atoms with Crippen LogP contribution >= 0.6 is 0 Å². The summed E-state index contributed by atoms with van der Waals surface area (Å²) in [5.41, 5.74) is 2.34. The van der Waals surface area contributed by atoms with Crippen LogP contribution in [0, 0.1) is 0 Å². The summed E-state index contributed by atoms with van der Waals surface area (Å²) in [6.45, 7) is 7.20. The van der Waals surface area contributed by atoms with E-state index < -0.39 is 12.0 Å². The highest BCUT2D eigenvalue weighted by Crippen LogP contribution is 2.22. The molecule has 1 aromatic rings. The molecule has 1 heterocycles. The maximum absolute atomic E-state index is 11.5. The molecule has 0 aliphatic carbocycles. The highest BCUT2D eigenvalue weighted by atomic mass is 16.4. The molecule has 1 fully saturated rings. The number of hydrogen-bond acceptors (Lipinski definition) is 3. The van der Waals surface area contributed by atoms with Crippen molar-refractivity contribution in [3.63, 3.8) is 0 Å². The molecule has 1 saturated heterocycles. The zero-order valence-electron chi connectivity index (χ0n) is 12.7. The number of piperazine rings is 1. The molecule has 0 aromatic heterocycles. The molecule has 0 bridgehead atoms. The predicted molar refractivity (Wildman–Crippen MR) is 80.0 cm³/mol. The molecule has 1 amide bonds. The second-order valence-corrected chi connectivity index (χ2v) is 6.51. The van der Waals surface area contributed by atoms with Gasteiger partial charge < -0.3 is 10.4 Å². The van der Waals surface area contributed by atoms with Gasteiger partial charge in [0.05, 0.1) is 6.54 Å². The maximum atomic E-state index is 11.5. The number of carbonyl (C=O) groups is 2. The Morgan fingerprint density at radius 2 is 1.95 bits per heavy atom. The van der Waals surface area contributed by atoms with Crippen LogP contribution in [-0.2, 0) is 21.5 Å². The second-order valence-electron chi connectivity index (χ2n) is 6.51. The minimum absolute atomic E-state index is 0.0904. The second kappa shape index (κ2) is 5.85. The quantitative estimate of drug-likeness (QED) is 0.882. The summed E-state index contributed by atoms with van der Waals surface area (Å²) in [6.07, 6.45) is 0. The highest BCUT2D eigenvalue weighted by Gasteiger charge is 2.31. The minimum atomic E-state index is -0.902. The largest absolute Gasteiger partial charge is 0.480 e. The van der Waals surface area contributed by atoms with Crippen molar-refractivity contribution in [1.29, 1.82) is 0 Å². The molecule has 1 unspecified atom stereocenters. The van der Waals surface area contributed by atoms with Crippen LogP contribution in [0.25, 0.3) is 0 Å². The zero-order valence-corrected chi connectivity index (χ0v) is 12.7. The molecule has 0 saturated carbocycles. The van der Waals surface area contributed by atoms with Crippen LogP contribution in [0.1, 0.15) is 31.9 Å². The first kappa shape index (κ1) is 15.5. The van der Waals surface area contributed by atoms with Crippen LogP contribution in [-0.4, -0.2) is 41.0 Å². The van der Waals surface area contributed by atoms with Gasteiger partial charge in [-0.1, -0.05) is 45.0 Å². The first-order valence-electron chi connectivity index (χ1n) is 7.10. The number of nitrogens with zero attached hydrogens (tertiary/aromatic N) is 1. The lowest BCUT2D eigenvalue weighted by Crippen LogP contribution is -2.56. The number of rotatable bonds is 3. The smallest absolute Gasteiger partial charge is 0.322 e. The van der Waals surface area contributed by atoms with E-state index >= 15 is 0 Å². The van der Waals surface area contributed by atoms with Crippen molar-refractivity contribution < 1.29 is 14.7 Å². The first-order chi connectivity index (χ1) is 9.77. The normalized spacial score (nSPS) is 20.1. The molecule has 1 aliphatic rings. The van der Waals surface area contributed by atoms with Crippen LogP contribution in [0.15, 0.2) is 24.3 Å². The van der Waals surface area contributed by atoms with E-state index in [-0.39, 0.29) is 24.4 Å². The van der Waals surface area contributed by atoms with Crippen LogP contribution in [0.2, 0.25) is 0 Å². The van der Waals surface area contributed by atoms with Crippen molar-refractivity contribution in [1.82, 2.24) is 10.2 Å². The van der Waals surface area contributed by atoms with Gasteiger partial charge in [-0.05, 0) is 16.5 Å². The number of carboxylic acids is 1. The Morgan fingerprint density at radius 3 is 2.48 bits per heavy atom. The number of amides is 1. The lowest BCUT2D eigenvalue weighted by molar-refractivity contribution is -0.146. The number of aliphatic carboxylic acids is 1. The molecule has 114 valence electrons. The van der Waals surface area contributed by atoms with Gasteiger partial charge >= 0.3 is 5.97 Å². The van der Waals surface area contributed by atoms with Crippen LogP contribution < -0.4 is 5.32 Å². The molecule has 0 radical (unpaired) electrons. The third-order valence-electron chi connectivity index (χ3n) is 3.77. The number of hydrogen-bond donors (Lipinski definition) is 2. The summed E-state index contributed by atoms with van der Waals surface area (Å²) >= 11 is 0. The molecule has 5 heteroatoms. The summed E-state index contributed by atoms with van der Waals surface area (Å²) in [6, 6.07) is 7.48. The van der Waals surface area contributed by atoms with E-state index in [1.165, 1.54) is 5.56 Å². The van der Waals surface area contributed by atoms with E-state index in [1.54, 1.807) is 4.90 Å². The Hall–Kier alpha value is -1.88. The standard InChI is InChI=1S/C16H22N2O3/c1-16(2,3)12-6-4-11(5-7-12)9-18-10-14(19)17-8-13(18)15(20)21/h4-7,13H,8-10H2,1-3H3,(H,17,19)(H,20,21). The lowest BCUT2D eigenvalue weighted by atomic mass is 9.86. The van der Waals surface area contributed by atoms with Gasteiger partial charge in [0.25, 0.3) is 0 Å². The topological polar surface area (TPSA) is 69.6 Å². The van der Waals surface area contributed by atoms with E-state index in [9.17, 15) is 14.7 Å². The Labute approximate surface area is 125 Å². The van der Waals surface area contributed by atoms with E-state index in [4.69, 9.17) is 0 Å². The molecule has 2 rings (SSSR count). The fourth-order valence-corrected chi connectivity index (χ4v) is 2.44. The van der Waals surface area contributed by atoms with E-state index in [1.807, 2.05) is 12.1 Å². The summed E-state index contributed by atoms with van der Waals surface area (Å²) < 4.78 is 0. The van der Waals surface area contributed by atoms with Crippen LogP contribution in [0.4, 0.5) is 0 Å². The van der Waals surface area contributed by atoms with Crippen molar-refractivity contribution in [2.45, 2.75) is 38.8 Å². The fraction of sp³-hybridized carbons (Fsp3) is 0.500. The number of carbonyl (C=O) groups excluding carboxylic acids is 1. The van der Waals surface area contributed by atoms with E-state index in [0.29, 0.717) is 6.54 Å². The van der Waals surface area contributed by atoms with Gasteiger partial charge in [-0.3, -0.25) is 14.5 Å². The van der Waals surface area contributed by atoms with Crippen molar-refractivity contribution in [2.75, 3.05) is 13.1 Å². The number of carboxylic acid groups (broad SMARTS) is 1. The minimum Gasteiger partial charge on any atom is -0.480 e. The summed E-state index contributed by atoms with van der Waals surface area (Å²) in [7, 11) is 0. The third-order valence-corrected chi connectivity index (χ3v) is 3.77. The van der Waals surface area contributed by atoms with Crippen molar-refractivity contribution >= 4 is 11.9 Å². The maximum Gasteiger partial charge on any atom is 0.322 e. The Balaban J connectivity index is 2.12. The van der Waals surface area contributed by atoms with Gasteiger partial charge in [0.2, 0.25) is 5.91 Å². The lowest BCUT2D eigenvalue weighted by Gasteiger charge is -2.32. The molecular formula is C16H22N2O3. The van der Waals surface area contributed by atoms with Crippen molar-refractivity contribution in [3.05, 3.63) is 35.4 Å². The SMILES string of the molecule is CC(C)(C)c1ccc(CN2CC(=O)NCC2C(=O)O)cc1. The van der Waals surface area contributed by atoms with E-state index in [2.05, 4.69) is 38.2 Å². The van der Waals surface area contributed by atoms with Gasteiger partial charge in [-0.2, -0.15) is 0 Å². The average molecular weight is 290 g/mol. The predicted octanol–water partition coefficient (Wildman–Crippen LogP) is 1.37. The molecular weight excluding hydrogens is 268 g/mol. The van der Waals surface area contributed by atoms with E-state index in [0.717, 1.165) is 5.56 Å². The monoisotopic (exact) mass is 290 g/mol. The summed E-state index contributed by atoms with van der Waals surface area (Å²) in [5.74, 6) is -1.03. The van der Waals surface area contributed by atoms with Crippen LogP contribution in [0.5, 0.6) is 0 Å². The zero-order chi connectivity index (χ0) is 15.6. The molecule has 1 aromatic carbocycles. The van der Waals surface area contributed by atoms with Crippen LogP contribution in [0.3, 0.4) is 0 Å². The first-order valence-corrected chi connectivity index (χ1v) is 7.10. The molecule has 2 N–H and O–H groups in total. The molecule has 1 aliphatic heterocycles. The van der Waals surface area contributed by atoms with Gasteiger partial charge in [0.15, 0.2) is 0 Å². The molecule has 21 heavy (non-hydrogen) atoms. The Bertz CT molecular complexity index is 531. The summed E-state index contributed by atoms with van der Waals surface area (Å²) in [5, 5.41) is 11.8. The molecule has 0 spiro atoms. The summed E-state index contributed by atoms with van der Waals surface area (Å²) in [4.78, 5) is 24.4. The van der Waals surface area contributed by atoms with Gasteiger partial charge in [0, 0.05) is 13.1 Å². The number of nitrogens with one attached hydrogen (secondary N) is 1. The fourth-order valence-electron chi connectivity index (χ4n) is 2.44. The average Bonchev–Trinajstić information content (AvgIpc) is 2.38. The third kappa shape index (κ3) is 3.82. The van der Waals surface area contributed by atoms with Crippen molar-refractivity contribution in [2.24, 2.45) is 0 Å². The molecule has 5 nitrogen and oxygen atoms in total. The highest BCUT2D eigenvalue weighted by molar-refractivity contribution is 5.83.